The molecule has 0 spiro atoms. The molecule has 21 heavy (non-hydrogen) atoms. The van der Waals surface area contributed by atoms with Crippen LogP contribution in [-0.4, -0.2) is 15.8 Å². The van der Waals surface area contributed by atoms with Crippen LogP contribution < -0.4 is 10.4 Å². The van der Waals surface area contributed by atoms with Crippen LogP contribution in [0.4, 0.5) is 5.82 Å². The molecule has 0 unspecified atom stereocenters. The topological polar surface area (TPSA) is 46.9 Å². The van der Waals surface area contributed by atoms with Crippen molar-refractivity contribution >= 4 is 40.3 Å². The van der Waals surface area contributed by atoms with Crippen LogP contribution in [0.1, 0.15) is 0 Å². The van der Waals surface area contributed by atoms with E-state index in [-0.39, 0.29) is 5.69 Å². The Morgan fingerprint density at radius 2 is 1.95 bits per heavy atom. The molecule has 0 aliphatic heterocycles. The molecule has 0 radical (unpaired) electrons. The van der Waals surface area contributed by atoms with Crippen molar-refractivity contribution in [1.82, 2.24) is 9.55 Å². The van der Waals surface area contributed by atoms with Crippen LogP contribution in [0, 0.1) is 0 Å². The Kier molecular flexibility index (Phi) is 3.86. The van der Waals surface area contributed by atoms with E-state index in [9.17, 15) is 4.79 Å². The summed E-state index contributed by atoms with van der Waals surface area (Å²) in [5.41, 5.74) is 1.15. The van der Waals surface area contributed by atoms with Crippen molar-refractivity contribution in [1.29, 1.82) is 0 Å². The van der Waals surface area contributed by atoms with E-state index in [4.69, 9.17) is 11.6 Å². The molecular weight excluding hydrogens is 306 g/mol. The van der Waals surface area contributed by atoms with Crippen molar-refractivity contribution in [3.8, 4) is 5.69 Å². The third kappa shape index (κ3) is 2.62. The summed E-state index contributed by atoms with van der Waals surface area (Å²) in [5, 5.41) is 1.42. The number of para-hydroxylation sites is 1. The Balaban J connectivity index is 2.40. The first-order valence-corrected chi connectivity index (χ1v) is 7.87. The lowest BCUT2D eigenvalue weighted by Gasteiger charge is -2.13. The summed E-state index contributed by atoms with van der Waals surface area (Å²) in [4.78, 5) is 16.5. The molecule has 0 aliphatic rings. The third-order valence-electron chi connectivity index (χ3n) is 3.07. The van der Waals surface area contributed by atoms with E-state index in [1.165, 1.54) is 11.9 Å². The van der Waals surface area contributed by atoms with Crippen molar-refractivity contribution in [2.24, 2.45) is 0 Å². The first kappa shape index (κ1) is 14.0. The summed E-state index contributed by atoms with van der Waals surface area (Å²) in [6.07, 6.45) is 1.88. The number of halogens is 1. The molecule has 1 N–H and O–H groups in total. The first-order valence-electron chi connectivity index (χ1n) is 6.27. The minimum absolute atomic E-state index is 0.340. The number of benzene rings is 2. The van der Waals surface area contributed by atoms with Gasteiger partial charge in [-0.05, 0) is 30.3 Å². The van der Waals surface area contributed by atoms with Gasteiger partial charge in [0.15, 0.2) is 5.82 Å². The van der Waals surface area contributed by atoms with Crippen LogP contribution in [0.2, 0.25) is 5.02 Å². The largest absolute Gasteiger partial charge is 0.354 e. The van der Waals surface area contributed by atoms with E-state index in [0.717, 1.165) is 16.6 Å². The fourth-order valence-corrected chi connectivity index (χ4v) is 2.72. The van der Waals surface area contributed by atoms with Crippen LogP contribution in [0.5, 0.6) is 0 Å². The second kappa shape index (κ2) is 5.79. The zero-order chi connectivity index (χ0) is 14.8. The molecule has 2 aromatic carbocycles. The highest BCUT2D eigenvalue weighted by Crippen LogP contribution is 2.26. The second-order valence-corrected chi connectivity index (χ2v) is 5.43. The standard InChI is InChI=1S/C15H12ClN3OS/c1-21-18-14-12-8-7-10(16)9-13(12)19(15(20)17-14)11-5-3-2-4-6-11/h2-9H,1H3,(H,17,18,20). The van der Waals surface area contributed by atoms with E-state index in [0.29, 0.717) is 10.8 Å². The van der Waals surface area contributed by atoms with Gasteiger partial charge in [-0.15, -0.1) is 0 Å². The fourth-order valence-electron chi connectivity index (χ4n) is 2.20. The predicted octanol–water partition coefficient (Wildman–Crippen LogP) is 3.73. The number of nitrogens with zero attached hydrogens (tertiary/aromatic N) is 2. The number of hydrogen-bond acceptors (Lipinski definition) is 4. The predicted molar refractivity (Wildman–Crippen MR) is 89.5 cm³/mol. The Morgan fingerprint density at radius 3 is 2.67 bits per heavy atom. The lowest BCUT2D eigenvalue weighted by atomic mass is 10.2. The van der Waals surface area contributed by atoms with E-state index in [1.807, 2.05) is 42.7 Å². The molecule has 0 saturated carbocycles. The first-order chi connectivity index (χ1) is 10.2. The van der Waals surface area contributed by atoms with Gasteiger partial charge in [0.2, 0.25) is 0 Å². The van der Waals surface area contributed by atoms with Gasteiger partial charge in [0.05, 0.1) is 11.2 Å². The van der Waals surface area contributed by atoms with Gasteiger partial charge in [0.1, 0.15) is 0 Å². The van der Waals surface area contributed by atoms with Crippen molar-refractivity contribution in [3.63, 3.8) is 0 Å². The molecule has 0 fully saturated rings. The zero-order valence-electron chi connectivity index (χ0n) is 11.2. The normalized spacial score (nSPS) is 10.8. The summed E-state index contributed by atoms with van der Waals surface area (Å²) in [6.45, 7) is 0. The molecule has 3 rings (SSSR count). The fraction of sp³-hybridized carbons (Fsp3) is 0.0667. The highest BCUT2D eigenvalue weighted by molar-refractivity contribution is 7.99. The average molecular weight is 318 g/mol. The maximum atomic E-state index is 12.4. The molecule has 4 nitrogen and oxygen atoms in total. The van der Waals surface area contributed by atoms with Crippen LogP contribution in [0.15, 0.2) is 53.3 Å². The lowest BCUT2D eigenvalue weighted by Crippen LogP contribution is -2.22. The summed E-state index contributed by atoms with van der Waals surface area (Å²) in [7, 11) is 0. The van der Waals surface area contributed by atoms with Gasteiger partial charge in [-0.3, -0.25) is 4.57 Å². The molecule has 1 aromatic heterocycles. The summed E-state index contributed by atoms with van der Waals surface area (Å²) >= 11 is 7.49. The van der Waals surface area contributed by atoms with Crippen LogP contribution in [-0.2, 0) is 0 Å². The molecule has 0 atom stereocenters. The van der Waals surface area contributed by atoms with Crippen molar-refractivity contribution in [2.75, 3.05) is 11.0 Å². The highest BCUT2D eigenvalue weighted by atomic mass is 35.5. The zero-order valence-corrected chi connectivity index (χ0v) is 12.8. The molecule has 3 aromatic rings. The van der Waals surface area contributed by atoms with Crippen molar-refractivity contribution < 1.29 is 0 Å². The van der Waals surface area contributed by atoms with Crippen LogP contribution >= 0.6 is 23.5 Å². The smallest absolute Gasteiger partial charge is 0.314 e. The monoisotopic (exact) mass is 317 g/mol. The maximum absolute atomic E-state index is 12.4. The summed E-state index contributed by atoms with van der Waals surface area (Å²) in [6, 6.07) is 14.8. The van der Waals surface area contributed by atoms with Gasteiger partial charge in [0.25, 0.3) is 0 Å². The van der Waals surface area contributed by atoms with Gasteiger partial charge < -0.3 is 4.72 Å². The van der Waals surface area contributed by atoms with Crippen LogP contribution in [0.3, 0.4) is 0 Å². The van der Waals surface area contributed by atoms with Gasteiger partial charge >= 0.3 is 5.69 Å². The Morgan fingerprint density at radius 1 is 1.19 bits per heavy atom. The SMILES string of the molecule is CSNc1nc(=O)n(-c2ccccc2)c2cc(Cl)ccc12. The average Bonchev–Trinajstić information content (AvgIpc) is 2.48. The molecule has 0 bridgehead atoms. The lowest BCUT2D eigenvalue weighted by molar-refractivity contribution is 0.965. The molecule has 1 heterocycles. The van der Waals surface area contributed by atoms with Gasteiger partial charge in [-0.25, -0.2) is 4.79 Å². The molecule has 106 valence electrons. The number of hydrogen-bond donors (Lipinski definition) is 1. The Labute approximate surface area is 130 Å². The van der Waals surface area contributed by atoms with Crippen LogP contribution in [0.25, 0.3) is 16.6 Å². The second-order valence-electron chi connectivity index (χ2n) is 4.38. The van der Waals surface area contributed by atoms with Gasteiger partial charge in [0, 0.05) is 16.7 Å². The minimum atomic E-state index is -0.340. The Bertz CT molecular complexity index is 849. The Hall–Kier alpha value is -1.98. The van der Waals surface area contributed by atoms with E-state index in [1.54, 1.807) is 16.7 Å². The van der Waals surface area contributed by atoms with Crippen molar-refractivity contribution in [2.45, 2.75) is 0 Å². The number of nitrogens with one attached hydrogen (secondary N) is 1. The van der Waals surface area contributed by atoms with E-state index >= 15 is 0 Å². The number of fused-ring (bicyclic) bond motifs is 1. The highest BCUT2D eigenvalue weighted by Gasteiger charge is 2.12. The van der Waals surface area contributed by atoms with Gasteiger partial charge in [-0.1, -0.05) is 41.7 Å². The van der Waals surface area contributed by atoms with E-state index < -0.39 is 0 Å². The summed E-state index contributed by atoms with van der Waals surface area (Å²) < 4.78 is 4.60. The van der Waals surface area contributed by atoms with Crippen molar-refractivity contribution in [3.05, 3.63) is 64.0 Å². The maximum Gasteiger partial charge on any atom is 0.354 e. The summed E-state index contributed by atoms with van der Waals surface area (Å²) in [5.74, 6) is 0.548. The minimum Gasteiger partial charge on any atom is -0.314 e. The molecule has 0 saturated heterocycles. The number of aromatic nitrogens is 2. The number of rotatable bonds is 3. The third-order valence-corrected chi connectivity index (χ3v) is 3.70. The van der Waals surface area contributed by atoms with Gasteiger partial charge in [-0.2, -0.15) is 4.98 Å². The van der Waals surface area contributed by atoms with E-state index in [2.05, 4.69) is 9.71 Å². The number of anilines is 1. The quantitative estimate of drug-likeness (QED) is 0.748. The molecule has 6 heteroatoms. The molecule has 0 amide bonds. The molecule has 0 aliphatic carbocycles. The molecular formula is C15H12ClN3OS.